The number of nitrogens with zero attached hydrogens (tertiary/aromatic N) is 3. The first-order valence-electron chi connectivity index (χ1n) is 4.90. The lowest BCUT2D eigenvalue weighted by Crippen LogP contribution is -2.01. The monoisotopic (exact) mass is 264 g/mol. The molecular formula is C11H9ClN4S. The lowest BCUT2D eigenvalue weighted by Gasteiger charge is -2.04. The quantitative estimate of drug-likeness (QED) is 0.926. The van der Waals surface area contributed by atoms with Crippen molar-refractivity contribution in [3.8, 4) is 6.07 Å². The Morgan fingerprint density at radius 2 is 2.41 bits per heavy atom. The van der Waals surface area contributed by atoms with Crippen molar-refractivity contribution in [1.82, 2.24) is 9.97 Å². The zero-order valence-corrected chi connectivity index (χ0v) is 10.6. The summed E-state index contributed by atoms with van der Waals surface area (Å²) >= 11 is 7.03. The van der Waals surface area contributed by atoms with Crippen molar-refractivity contribution in [3.05, 3.63) is 39.6 Å². The van der Waals surface area contributed by atoms with Crippen LogP contribution >= 0.6 is 22.9 Å². The Labute approximate surface area is 108 Å². The van der Waals surface area contributed by atoms with Crippen molar-refractivity contribution in [2.24, 2.45) is 0 Å². The summed E-state index contributed by atoms with van der Waals surface area (Å²) in [6.45, 7) is 2.64. The summed E-state index contributed by atoms with van der Waals surface area (Å²) in [5.74, 6) is 0. The molecule has 6 heteroatoms. The number of aromatic nitrogens is 2. The van der Waals surface area contributed by atoms with Crippen molar-refractivity contribution in [2.75, 3.05) is 5.32 Å². The molecule has 4 nitrogen and oxygen atoms in total. The Bertz CT molecular complexity index is 573. The molecule has 0 unspecified atom stereocenters. The van der Waals surface area contributed by atoms with Gasteiger partial charge < -0.3 is 5.32 Å². The summed E-state index contributed by atoms with van der Waals surface area (Å²) in [5, 5.41) is 12.8. The number of nitrogens with one attached hydrogen (secondary N) is 1. The van der Waals surface area contributed by atoms with Crippen LogP contribution in [0.1, 0.15) is 16.0 Å². The molecule has 0 saturated heterocycles. The molecule has 0 saturated carbocycles. The van der Waals surface area contributed by atoms with Crippen LogP contribution in [0, 0.1) is 18.3 Å². The van der Waals surface area contributed by atoms with E-state index in [9.17, 15) is 0 Å². The summed E-state index contributed by atoms with van der Waals surface area (Å²) < 4.78 is 0. The van der Waals surface area contributed by atoms with Crippen LogP contribution in [-0.4, -0.2) is 9.97 Å². The standard InChI is InChI=1S/C11H9ClN4S/c1-7-2-3-14-5-8(7)6-15-11-16-10(12)9(4-13)17-11/h2-3,5H,6H2,1H3,(H,15,16). The van der Waals surface area contributed by atoms with Gasteiger partial charge >= 0.3 is 0 Å². The molecule has 2 aromatic rings. The molecule has 0 aliphatic rings. The van der Waals surface area contributed by atoms with Crippen LogP contribution in [0.15, 0.2) is 18.5 Å². The number of anilines is 1. The molecule has 0 aliphatic heterocycles. The van der Waals surface area contributed by atoms with Crippen LogP contribution < -0.4 is 5.32 Å². The third kappa shape index (κ3) is 2.73. The van der Waals surface area contributed by atoms with Gasteiger partial charge in [0.05, 0.1) is 0 Å². The van der Waals surface area contributed by atoms with Gasteiger partial charge in [0.1, 0.15) is 10.9 Å². The molecule has 0 amide bonds. The molecule has 2 aromatic heterocycles. The average Bonchev–Trinajstić information content (AvgIpc) is 2.69. The fourth-order valence-corrected chi connectivity index (χ4v) is 2.24. The van der Waals surface area contributed by atoms with Crippen LogP contribution in [0.2, 0.25) is 5.15 Å². The van der Waals surface area contributed by atoms with E-state index in [1.165, 1.54) is 11.3 Å². The highest BCUT2D eigenvalue weighted by Gasteiger charge is 2.08. The Morgan fingerprint density at radius 3 is 3.06 bits per heavy atom. The molecular weight excluding hydrogens is 256 g/mol. The number of nitriles is 1. The lowest BCUT2D eigenvalue weighted by atomic mass is 10.2. The maximum Gasteiger partial charge on any atom is 0.185 e. The fraction of sp³-hybridized carbons (Fsp3) is 0.182. The molecule has 0 aliphatic carbocycles. The van der Waals surface area contributed by atoms with Crippen molar-refractivity contribution in [3.63, 3.8) is 0 Å². The number of hydrogen-bond donors (Lipinski definition) is 1. The number of rotatable bonds is 3. The van der Waals surface area contributed by atoms with Crippen LogP contribution in [0.25, 0.3) is 0 Å². The van der Waals surface area contributed by atoms with Gasteiger partial charge in [0.15, 0.2) is 10.3 Å². The highest BCUT2D eigenvalue weighted by molar-refractivity contribution is 7.16. The largest absolute Gasteiger partial charge is 0.357 e. The van der Waals surface area contributed by atoms with Gasteiger partial charge in [-0.15, -0.1) is 0 Å². The van der Waals surface area contributed by atoms with Crippen molar-refractivity contribution in [1.29, 1.82) is 5.26 Å². The minimum Gasteiger partial charge on any atom is -0.357 e. The van der Waals surface area contributed by atoms with E-state index in [0.29, 0.717) is 16.6 Å². The average molecular weight is 265 g/mol. The second-order valence-corrected chi connectivity index (χ2v) is 4.76. The van der Waals surface area contributed by atoms with Gasteiger partial charge in [-0.3, -0.25) is 4.98 Å². The molecule has 0 spiro atoms. The van der Waals surface area contributed by atoms with Gasteiger partial charge in [-0.25, -0.2) is 4.98 Å². The Balaban J connectivity index is 2.08. The molecule has 0 bridgehead atoms. The lowest BCUT2D eigenvalue weighted by molar-refractivity contribution is 1.07. The zero-order chi connectivity index (χ0) is 12.3. The summed E-state index contributed by atoms with van der Waals surface area (Å²) in [6, 6.07) is 3.95. The topological polar surface area (TPSA) is 61.6 Å². The highest BCUT2D eigenvalue weighted by Crippen LogP contribution is 2.26. The molecule has 0 fully saturated rings. The van der Waals surface area contributed by atoms with Crippen LogP contribution in [-0.2, 0) is 6.54 Å². The zero-order valence-electron chi connectivity index (χ0n) is 9.07. The predicted octanol–water partition coefficient (Wildman–Crippen LogP) is 2.98. The van der Waals surface area contributed by atoms with E-state index in [1.54, 1.807) is 6.20 Å². The molecule has 86 valence electrons. The van der Waals surface area contributed by atoms with Crippen molar-refractivity contribution >= 4 is 28.1 Å². The normalized spacial score (nSPS) is 9.94. The number of halogens is 1. The van der Waals surface area contributed by atoms with Gasteiger partial charge in [-0.1, -0.05) is 22.9 Å². The van der Waals surface area contributed by atoms with E-state index in [4.69, 9.17) is 16.9 Å². The Kier molecular flexibility index (Phi) is 3.57. The van der Waals surface area contributed by atoms with Crippen molar-refractivity contribution < 1.29 is 0 Å². The smallest absolute Gasteiger partial charge is 0.185 e. The first-order valence-corrected chi connectivity index (χ1v) is 6.10. The molecule has 17 heavy (non-hydrogen) atoms. The first kappa shape index (κ1) is 11.8. The summed E-state index contributed by atoms with van der Waals surface area (Å²) in [5.41, 5.74) is 2.26. The van der Waals surface area contributed by atoms with E-state index >= 15 is 0 Å². The van der Waals surface area contributed by atoms with Gasteiger partial charge in [0.25, 0.3) is 0 Å². The first-order chi connectivity index (χ1) is 8.20. The van der Waals surface area contributed by atoms with E-state index < -0.39 is 0 Å². The number of hydrogen-bond acceptors (Lipinski definition) is 5. The van der Waals surface area contributed by atoms with Crippen LogP contribution in [0.5, 0.6) is 0 Å². The fourth-order valence-electron chi connectivity index (χ4n) is 1.30. The van der Waals surface area contributed by atoms with Crippen LogP contribution in [0.4, 0.5) is 5.13 Å². The Hall–Kier alpha value is -1.64. The number of aryl methyl sites for hydroxylation is 1. The van der Waals surface area contributed by atoms with Gasteiger partial charge in [-0.2, -0.15) is 5.26 Å². The predicted molar refractivity (Wildman–Crippen MR) is 68.1 cm³/mol. The Morgan fingerprint density at radius 1 is 1.59 bits per heavy atom. The summed E-state index contributed by atoms with van der Waals surface area (Å²) in [4.78, 5) is 8.55. The summed E-state index contributed by atoms with van der Waals surface area (Å²) in [6.07, 6.45) is 3.57. The van der Waals surface area contributed by atoms with Gasteiger partial charge in [-0.05, 0) is 24.1 Å². The second-order valence-electron chi connectivity index (χ2n) is 3.41. The molecule has 2 rings (SSSR count). The maximum absolute atomic E-state index is 8.76. The van der Waals surface area contributed by atoms with Crippen molar-refractivity contribution in [2.45, 2.75) is 13.5 Å². The highest BCUT2D eigenvalue weighted by atomic mass is 35.5. The molecule has 0 aromatic carbocycles. The van der Waals surface area contributed by atoms with Gasteiger partial charge in [0.2, 0.25) is 0 Å². The third-order valence-electron chi connectivity index (χ3n) is 2.26. The van der Waals surface area contributed by atoms with E-state index in [0.717, 1.165) is 11.1 Å². The SMILES string of the molecule is Cc1ccncc1CNc1nc(Cl)c(C#N)s1. The molecule has 2 heterocycles. The van der Waals surface area contributed by atoms with E-state index in [1.807, 2.05) is 25.3 Å². The summed E-state index contributed by atoms with van der Waals surface area (Å²) in [7, 11) is 0. The van der Waals surface area contributed by atoms with E-state index in [2.05, 4.69) is 15.3 Å². The van der Waals surface area contributed by atoms with Crippen LogP contribution in [0.3, 0.4) is 0 Å². The minimum absolute atomic E-state index is 0.253. The molecule has 0 radical (unpaired) electrons. The maximum atomic E-state index is 8.76. The second kappa shape index (κ2) is 5.13. The minimum atomic E-state index is 0.253. The molecule has 0 atom stereocenters. The van der Waals surface area contributed by atoms with Gasteiger partial charge in [0, 0.05) is 18.9 Å². The third-order valence-corrected chi connectivity index (χ3v) is 3.57. The number of thiazole rings is 1. The van der Waals surface area contributed by atoms with E-state index in [-0.39, 0.29) is 5.15 Å². The molecule has 1 N–H and O–H groups in total. The number of pyridine rings is 1.